The minimum Gasteiger partial charge on any atom is -0.459 e. The number of aromatic nitrogens is 3. The van der Waals surface area contributed by atoms with Gasteiger partial charge in [0, 0.05) is 39.4 Å². The van der Waals surface area contributed by atoms with Crippen molar-refractivity contribution in [1.29, 1.82) is 0 Å². The van der Waals surface area contributed by atoms with Crippen LogP contribution in [0.3, 0.4) is 0 Å². The van der Waals surface area contributed by atoms with E-state index in [-0.39, 0.29) is 22.7 Å². The summed E-state index contributed by atoms with van der Waals surface area (Å²) in [4.78, 5) is 57.6. The zero-order valence-corrected chi connectivity index (χ0v) is 17.2. The molecule has 2 amide bonds. The Kier molecular flexibility index (Phi) is 5.09. The van der Waals surface area contributed by atoms with E-state index in [0.29, 0.717) is 31.9 Å². The van der Waals surface area contributed by atoms with Crippen LogP contribution in [0.15, 0.2) is 38.6 Å². The molecule has 4 rings (SSSR count). The van der Waals surface area contributed by atoms with Crippen molar-refractivity contribution in [2.45, 2.75) is 13.5 Å². The van der Waals surface area contributed by atoms with Gasteiger partial charge < -0.3 is 20.0 Å². The highest BCUT2D eigenvalue weighted by molar-refractivity contribution is 5.93. The second-order valence-electron chi connectivity index (χ2n) is 7.44. The monoisotopic (exact) mass is 426 g/mol. The summed E-state index contributed by atoms with van der Waals surface area (Å²) in [5.41, 5.74) is 5.57. The molecule has 162 valence electrons. The van der Waals surface area contributed by atoms with Gasteiger partial charge in [0.05, 0.1) is 12.0 Å². The Morgan fingerprint density at radius 3 is 2.52 bits per heavy atom. The van der Waals surface area contributed by atoms with E-state index in [0.717, 1.165) is 10.1 Å². The van der Waals surface area contributed by atoms with Gasteiger partial charge in [0.15, 0.2) is 11.4 Å². The minimum atomic E-state index is -0.786. The number of nitrogens with two attached hydrogens (primary N) is 1. The number of hydrogen-bond donors (Lipinski definition) is 1. The standard InChI is InChI=1S/C20H22N6O5/c1-12-10-22-17-15(19(29)26(11-14(21)27)20(30)23(17)2)16(12)24-5-7-25(8-6-24)18(28)13-4-3-9-31-13/h3-4,9-10H,5-8,11H2,1-2H3,(H2,21,27). The zero-order valence-electron chi connectivity index (χ0n) is 17.2. The third kappa shape index (κ3) is 3.47. The molecule has 2 N–H and O–H groups in total. The molecule has 0 bridgehead atoms. The summed E-state index contributed by atoms with van der Waals surface area (Å²) in [6.45, 7) is 3.13. The van der Waals surface area contributed by atoms with Crippen LogP contribution in [0.4, 0.5) is 5.69 Å². The molecule has 1 saturated heterocycles. The minimum absolute atomic E-state index is 0.188. The number of pyridine rings is 1. The van der Waals surface area contributed by atoms with E-state index in [1.165, 1.54) is 17.9 Å². The van der Waals surface area contributed by atoms with Crippen LogP contribution in [-0.4, -0.2) is 57.0 Å². The van der Waals surface area contributed by atoms with Crippen molar-refractivity contribution in [3.8, 4) is 0 Å². The van der Waals surface area contributed by atoms with Crippen LogP contribution in [0.1, 0.15) is 16.1 Å². The highest BCUT2D eigenvalue weighted by Gasteiger charge is 2.27. The number of furan rings is 1. The van der Waals surface area contributed by atoms with E-state index in [2.05, 4.69) is 4.98 Å². The van der Waals surface area contributed by atoms with E-state index in [1.807, 2.05) is 11.8 Å². The zero-order chi connectivity index (χ0) is 22.3. The summed E-state index contributed by atoms with van der Waals surface area (Å²) in [5.74, 6) is -0.693. The number of nitrogens with zero attached hydrogens (tertiary/aromatic N) is 5. The quantitative estimate of drug-likeness (QED) is 0.591. The molecule has 0 aliphatic carbocycles. The average Bonchev–Trinajstić information content (AvgIpc) is 3.29. The Hall–Kier alpha value is -3.89. The number of carbonyl (C=O) groups is 2. The maximum absolute atomic E-state index is 13.2. The molecule has 1 aliphatic rings. The van der Waals surface area contributed by atoms with Crippen molar-refractivity contribution in [3.05, 3.63) is 56.8 Å². The molecule has 11 nitrogen and oxygen atoms in total. The highest BCUT2D eigenvalue weighted by atomic mass is 16.3. The van der Waals surface area contributed by atoms with Crippen LogP contribution in [0.2, 0.25) is 0 Å². The van der Waals surface area contributed by atoms with E-state index in [9.17, 15) is 19.2 Å². The smallest absolute Gasteiger partial charge is 0.332 e. The van der Waals surface area contributed by atoms with Gasteiger partial charge in [0.2, 0.25) is 5.91 Å². The topological polar surface area (TPSA) is 137 Å². The van der Waals surface area contributed by atoms with Crippen molar-refractivity contribution >= 4 is 28.5 Å². The third-order valence-corrected chi connectivity index (χ3v) is 5.44. The molecule has 1 aliphatic heterocycles. The van der Waals surface area contributed by atoms with E-state index >= 15 is 0 Å². The number of carbonyl (C=O) groups excluding carboxylic acids is 2. The number of anilines is 1. The van der Waals surface area contributed by atoms with Gasteiger partial charge in [-0.2, -0.15) is 0 Å². The van der Waals surface area contributed by atoms with Crippen molar-refractivity contribution in [3.63, 3.8) is 0 Å². The normalized spacial score (nSPS) is 14.3. The van der Waals surface area contributed by atoms with Gasteiger partial charge in [-0.25, -0.2) is 9.78 Å². The molecule has 11 heteroatoms. The van der Waals surface area contributed by atoms with E-state index < -0.39 is 23.7 Å². The number of aryl methyl sites for hydroxylation is 2. The molecule has 3 aromatic rings. The fraction of sp³-hybridized carbons (Fsp3) is 0.350. The fourth-order valence-corrected chi connectivity index (χ4v) is 3.92. The summed E-state index contributed by atoms with van der Waals surface area (Å²) in [6, 6.07) is 3.29. The second-order valence-corrected chi connectivity index (χ2v) is 7.44. The molecule has 31 heavy (non-hydrogen) atoms. The molecule has 3 aromatic heterocycles. The molecule has 0 unspecified atom stereocenters. The summed E-state index contributed by atoms with van der Waals surface area (Å²) in [6.07, 6.45) is 3.06. The largest absolute Gasteiger partial charge is 0.459 e. The molecule has 0 saturated carbocycles. The lowest BCUT2D eigenvalue weighted by atomic mass is 10.1. The number of amides is 2. The van der Waals surface area contributed by atoms with Gasteiger partial charge in [-0.05, 0) is 24.6 Å². The van der Waals surface area contributed by atoms with Gasteiger partial charge in [0.25, 0.3) is 11.5 Å². The Morgan fingerprint density at radius 1 is 1.19 bits per heavy atom. The first-order chi connectivity index (χ1) is 14.8. The molecule has 0 spiro atoms. The van der Waals surface area contributed by atoms with Crippen molar-refractivity contribution in [1.82, 2.24) is 19.0 Å². The van der Waals surface area contributed by atoms with Crippen LogP contribution in [0, 0.1) is 6.92 Å². The maximum Gasteiger partial charge on any atom is 0.332 e. The lowest BCUT2D eigenvalue weighted by Gasteiger charge is -2.36. The van der Waals surface area contributed by atoms with Gasteiger partial charge in [-0.1, -0.05) is 0 Å². The third-order valence-electron chi connectivity index (χ3n) is 5.44. The Balaban J connectivity index is 1.74. The predicted molar refractivity (Wildman–Crippen MR) is 112 cm³/mol. The summed E-state index contributed by atoms with van der Waals surface area (Å²) in [7, 11) is 1.49. The van der Waals surface area contributed by atoms with E-state index in [4.69, 9.17) is 10.2 Å². The molecule has 1 fully saturated rings. The summed E-state index contributed by atoms with van der Waals surface area (Å²) < 4.78 is 7.26. The molecule has 0 aromatic carbocycles. The van der Waals surface area contributed by atoms with Crippen LogP contribution < -0.4 is 21.9 Å². The average molecular weight is 426 g/mol. The number of fused-ring (bicyclic) bond motifs is 1. The maximum atomic E-state index is 13.2. The molecular formula is C20H22N6O5. The SMILES string of the molecule is Cc1cnc2c(c1N1CCN(C(=O)c3ccco3)CC1)c(=O)n(CC(N)=O)c(=O)n2C. The lowest BCUT2D eigenvalue weighted by Crippen LogP contribution is -2.49. The highest BCUT2D eigenvalue weighted by Crippen LogP contribution is 2.27. The van der Waals surface area contributed by atoms with Crippen molar-refractivity contribution in [2.75, 3.05) is 31.1 Å². The number of piperazine rings is 1. The molecule has 4 heterocycles. The Morgan fingerprint density at radius 2 is 1.90 bits per heavy atom. The van der Waals surface area contributed by atoms with Gasteiger partial charge in [-0.3, -0.25) is 23.5 Å². The number of primary amides is 1. The first kappa shape index (κ1) is 20.4. The predicted octanol–water partition coefficient (Wildman–Crippen LogP) is -0.556. The first-order valence-corrected chi connectivity index (χ1v) is 9.74. The van der Waals surface area contributed by atoms with Gasteiger partial charge in [0.1, 0.15) is 11.9 Å². The summed E-state index contributed by atoms with van der Waals surface area (Å²) >= 11 is 0. The van der Waals surface area contributed by atoms with Crippen LogP contribution >= 0.6 is 0 Å². The van der Waals surface area contributed by atoms with Gasteiger partial charge >= 0.3 is 5.69 Å². The fourth-order valence-electron chi connectivity index (χ4n) is 3.92. The number of rotatable bonds is 4. The van der Waals surface area contributed by atoms with Gasteiger partial charge in [-0.15, -0.1) is 0 Å². The van der Waals surface area contributed by atoms with E-state index in [1.54, 1.807) is 23.2 Å². The second kappa shape index (κ2) is 7.74. The lowest BCUT2D eigenvalue weighted by molar-refractivity contribution is -0.118. The van der Waals surface area contributed by atoms with Crippen LogP contribution in [-0.2, 0) is 18.4 Å². The van der Waals surface area contributed by atoms with Crippen LogP contribution in [0.25, 0.3) is 11.0 Å². The molecular weight excluding hydrogens is 404 g/mol. The number of hydrogen-bond acceptors (Lipinski definition) is 7. The molecule has 0 radical (unpaired) electrons. The Labute approximate surface area is 176 Å². The van der Waals surface area contributed by atoms with Crippen LogP contribution in [0.5, 0.6) is 0 Å². The summed E-state index contributed by atoms with van der Waals surface area (Å²) in [5, 5.41) is 0.245. The molecule has 0 atom stereocenters. The first-order valence-electron chi connectivity index (χ1n) is 9.74. The Bertz CT molecular complexity index is 1280. The van der Waals surface area contributed by atoms with Crippen molar-refractivity contribution in [2.24, 2.45) is 12.8 Å². The van der Waals surface area contributed by atoms with Crippen molar-refractivity contribution < 1.29 is 14.0 Å².